The van der Waals surface area contributed by atoms with Gasteiger partial charge < -0.3 is 10.6 Å². The van der Waals surface area contributed by atoms with Crippen LogP contribution < -0.4 is 10.6 Å². The zero-order valence-corrected chi connectivity index (χ0v) is 19.4. The van der Waals surface area contributed by atoms with Crippen molar-refractivity contribution in [1.82, 2.24) is 10.6 Å². The van der Waals surface area contributed by atoms with Crippen LogP contribution in [0.5, 0.6) is 0 Å². The average Bonchev–Trinajstić information content (AvgIpc) is 2.70. The minimum absolute atomic E-state index is 0.0251. The van der Waals surface area contributed by atoms with Crippen LogP contribution in [0.25, 0.3) is 0 Å². The third-order valence-electron chi connectivity index (χ3n) is 3.94. The first-order valence-corrected chi connectivity index (χ1v) is 11.8. The van der Waals surface area contributed by atoms with Gasteiger partial charge in [0.05, 0.1) is 10.5 Å². The molecule has 2 amide bonds. The van der Waals surface area contributed by atoms with E-state index in [2.05, 4.69) is 10.6 Å². The van der Waals surface area contributed by atoms with Crippen LogP contribution in [0.4, 0.5) is 0 Å². The molecule has 2 aromatic rings. The zero-order chi connectivity index (χ0) is 21.2. The van der Waals surface area contributed by atoms with E-state index in [1.165, 1.54) is 23.5 Å². The molecule has 2 N–H and O–H groups in total. The Kier molecular flexibility index (Phi) is 10.2. The molecule has 0 aliphatic heterocycles. The van der Waals surface area contributed by atoms with Crippen LogP contribution in [0.3, 0.4) is 0 Å². The lowest BCUT2D eigenvalue weighted by atomic mass is 10.3. The second-order valence-electron chi connectivity index (χ2n) is 6.36. The lowest BCUT2D eigenvalue weighted by Gasteiger charge is -2.14. The Balaban J connectivity index is 1.61. The molecule has 2 rings (SSSR count). The summed E-state index contributed by atoms with van der Waals surface area (Å²) in [4.78, 5) is 26.4. The summed E-state index contributed by atoms with van der Waals surface area (Å²) in [6.07, 6.45) is 0.675. The molecule has 156 valence electrons. The van der Waals surface area contributed by atoms with Crippen molar-refractivity contribution in [2.24, 2.45) is 0 Å². The highest BCUT2D eigenvalue weighted by Gasteiger charge is 2.15. The highest BCUT2D eigenvalue weighted by Crippen LogP contribution is 2.25. The van der Waals surface area contributed by atoms with Crippen molar-refractivity contribution >= 4 is 58.5 Å². The highest BCUT2D eigenvalue weighted by molar-refractivity contribution is 8.00. The topological polar surface area (TPSA) is 58.2 Å². The molecule has 29 heavy (non-hydrogen) atoms. The highest BCUT2D eigenvalue weighted by atomic mass is 35.5. The van der Waals surface area contributed by atoms with Crippen molar-refractivity contribution in [3.05, 3.63) is 58.6 Å². The fourth-order valence-electron chi connectivity index (χ4n) is 2.34. The Morgan fingerprint density at radius 1 is 0.759 bits per heavy atom. The summed E-state index contributed by atoms with van der Waals surface area (Å²) in [5.41, 5.74) is 0. The number of carbonyl (C=O) groups excluding carboxylic acids is 2. The smallest absolute Gasteiger partial charge is 0.233 e. The SMILES string of the molecule is C[C@H](Sc1ccc(Cl)cc1)C(=O)NCCCNC(=O)[C@@H](C)Sc1ccc(Cl)cc1. The van der Waals surface area contributed by atoms with E-state index in [9.17, 15) is 9.59 Å². The van der Waals surface area contributed by atoms with Gasteiger partial charge in [-0.3, -0.25) is 9.59 Å². The van der Waals surface area contributed by atoms with Gasteiger partial charge in [-0.15, -0.1) is 23.5 Å². The molecule has 0 aromatic heterocycles. The molecule has 0 fully saturated rings. The van der Waals surface area contributed by atoms with Crippen LogP contribution in [-0.2, 0) is 9.59 Å². The van der Waals surface area contributed by atoms with E-state index in [1.807, 2.05) is 62.4 Å². The summed E-state index contributed by atoms with van der Waals surface area (Å²) in [5.74, 6) is -0.0501. The maximum atomic E-state index is 12.2. The molecule has 0 bridgehead atoms. The van der Waals surface area contributed by atoms with E-state index in [0.29, 0.717) is 29.6 Å². The van der Waals surface area contributed by atoms with E-state index in [4.69, 9.17) is 23.2 Å². The molecule has 0 aliphatic carbocycles. The maximum Gasteiger partial charge on any atom is 0.233 e. The minimum atomic E-state index is -0.207. The number of hydrogen-bond donors (Lipinski definition) is 2. The third kappa shape index (κ3) is 8.91. The van der Waals surface area contributed by atoms with Crippen LogP contribution in [0.1, 0.15) is 20.3 Å². The van der Waals surface area contributed by atoms with E-state index in [-0.39, 0.29) is 22.3 Å². The fourth-order valence-corrected chi connectivity index (χ4v) is 4.38. The summed E-state index contributed by atoms with van der Waals surface area (Å²) in [7, 11) is 0. The van der Waals surface area contributed by atoms with E-state index < -0.39 is 0 Å². The standard InChI is InChI=1S/C21H24Cl2N2O2S2/c1-14(28-18-8-4-16(22)5-9-18)20(26)24-12-3-13-25-21(27)15(2)29-19-10-6-17(23)7-11-19/h4-11,14-15H,3,12-13H2,1-2H3,(H,24,26)(H,25,27)/t14-,15+. The Bertz CT molecular complexity index is 734. The van der Waals surface area contributed by atoms with Gasteiger partial charge in [-0.25, -0.2) is 0 Å². The number of hydrogen-bond acceptors (Lipinski definition) is 4. The van der Waals surface area contributed by atoms with Crippen LogP contribution in [0, 0.1) is 0 Å². The first-order valence-electron chi connectivity index (χ1n) is 9.25. The third-order valence-corrected chi connectivity index (χ3v) is 6.67. The van der Waals surface area contributed by atoms with Crippen molar-refractivity contribution in [3.8, 4) is 0 Å². The molecule has 0 radical (unpaired) electrons. The first kappa shape index (κ1) is 23.9. The number of nitrogens with one attached hydrogen (secondary N) is 2. The second-order valence-corrected chi connectivity index (χ2v) is 10.1. The van der Waals surface area contributed by atoms with Crippen LogP contribution in [-0.4, -0.2) is 35.4 Å². The van der Waals surface area contributed by atoms with Gasteiger partial charge in [0, 0.05) is 32.9 Å². The fraction of sp³-hybridized carbons (Fsp3) is 0.333. The molecule has 2 aromatic carbocycles. The molecule has 0 spiro atoms. The lowest BCUT2D eigenvalue weighted by Crippen LogP contribution is -2.35. The van der Waals surface area contributed by atoms with Gasteiger partial charge in [0.25, 0.3) is 0 Å². The average molecular weight is 471 g/mol. The minimum Gasteiger partial charge on any atom is -0.355 e. The van der Waals surface area contributed by atoms with Gasteiger partial charge in [0.1, 0.15) is 0 Å². The number of carbonyl (C=O) groups is 2. The first-order chi connectivity index (χ1) is 13.8. The molecule has 8 heteroatoms. The van der Waals surface area contributed by atoms with Crippen LogP contribution in [0.2, 0.25) is 10.0 Å². The van der Waals surface area contributed by atoms with Crippen molar-refractivity contribution in [2.45, 2.75) is 40.6 Å². The summed E-state index contributed by atoms with van der Waals surface area (Å²) < 4.78 is 0. The van der Waals surface area contributed by atoms with Gasteiger partial charge in [0.2, 0.25) is 11.8 Å². The van der Waals surface area contributed by atoms with Crippen molar-refractivity contribution in [3.63, 3.8) is 0 Å². The van der Waals surface area contributed by atoms with Crippen molar-refractivity contribution < 1.29 is 9.59 Å². The number of thioether (sulfide) groups is 2. The predicted molar refractivity (Wildman–Crippen MR) is 124 cm³/mol. The predicted octanol–water partition coefficient (Wildman–Crippen LogP) is 5.28. The molecule has 2 atom stereocenters. The molecule has 0 saturated heterocycles. The van der Waals surface area contributed by atoms with Gasteiger partial charge in [0.15, 0.2) is 0 Å². The lowest BCUT2D eigenvalue weighted by molar-refractivity contribution is -0.120. The molecule has 4 nitrogen and oxygen atoms in total. The Hall–Kier alpha value is -1.34. The van der Waals surface area contributed by atoms with Gasteiger partial charge in [-0.05, 0) is 68.8 Å². The molecular weight excluding hydrogens is 447 g/mol. The zero-order valence-electron chi connectivity index (χ0n) is 16.3. The van der Waals surface area contributed by atoms with Crippen molar-refractivity contribution in [1.29, 1.82) is 0 Å². The number of halogens is 2. The summed E-state index contributed by atoms with van der Waals surface area (Å²) in [5, 5.41) is 6.75. The molecule has 0 heterocycles. The monoisotopic (exact) mass is 470 g/mol. The van der Waals surface area contributed by atoms with Gasteiger partial charge in [-0.1, -0.05) is 23.2 Å². The summed E-state index contributed by atoms with van der Waals surface area (Å²) >= 11 is 14.7. The molecule has 0 unspecified atom stereocenters. The Labute approximate surface area is 190 Å². The van der Waals surface area contributed by atoms with Gasteiger partial charge >= 0.3 is 0 Å². The molecule has 0 aliphatic rings. The van der Waals surface area contributed by atoms with Crippen LogP contribution >= 0.6 is 46.7 Å². The van der Waals surface area contributed by atoms with E-state index in [1.54, 1.807) is 0 Å². The van der Waals surface area contributed by atoms with Gasteiger partial charge in [-0.2, -0.15) is 0 Å². The molecule has 0 saturated carbocycles. The number of rotatable bonds is 10. The Morgan fingerprint density at radius 2 is 1.10 bits per heavy atom. The van der Waals surface area contributed by atoms with E-state index >= 15 is 0 Å². The molecular formula is C21H24Cl2N2O2S2. The largest absolute Gasteiger partial charge is 0.355 e. The second kappa shape index (κ2) is 12.4. The van der Waals surface area contributed by atoms with E-state index in [0.717, 1.165) is 9.79 Å². The number of amides is 2. The summed E-state index contributed by atoms with van der Waals surface area (Å²) in [6, 6.07) is 14.8. The number of benzene rings is 2. The van der Waals surface area contributed by atoms with Crippen molar-refractivity contribution in [2.75, 3.05) is 13.1 Å². The normalized spacial score (nSPS) is 12.8. The Morgan fingerprint density at radius 3 is 1.45 bits per heavy atom. The maximum absolute atomic E-state index is 12.2. The van der Waals surface area contributed by atoms with Crippen LogP contribution in [0.15, 0.2) is 58.3 Å². The summed E-state index contributed by atoms with van der Waals surface area (Å²) in [6.45, 7) is 4.77. The quantitative estimate of drug-likeness (QED) is 0.366.